The van der Waals surface area contributed by atoms with Crippen molar-refractivity contribution in [2.24, 2.45) is 0 Å². The van der Waals surface area contributed by atoms with Gasteiger partial charge in [0, 0.05) is 30.9 Å². The third kappa shape index (κ3) is 3.29. The molecule has 0 radical (unpaired) electrons. The summed E-state index contributed by atoms with van der Waals surface area (Å²) in [6, 6.07) is 12.5. The minimum absolute atomic E-state index is 0.201. The molecule has 0 spiro atoms. The quantitative estimate of drug-likeness (QED) is 0.459. The average molecular weight is 244 g/mol. The number of pyridine rings is 1. The molecule has 0 unspecified atom stereocenters. The van der Waals surface area contributed by atoms with E-state index in [-0.39, 0.29) is 5.97 Å². The van der Waals surface area contributed by atoms with Gasteiger partial charge in [0.25, 0.3) is 0 Å². The Labute approximate surface area is 107 Å². The Balaban J connectivity index is 1.93. The van der Waals surface area contributed by atoms with E-state index in [0.717, 1.165) is 19.4 Å². The number of carbonyl (C=O) groups excluding carboxylic acids is 1. The van der Waals surface area contributed by atoms with Crippen LogP contribution in [0.1, 0.15) is 19.8 Å². The Morgan fingerprint density at radius 3 is 2.78 bits per heavy atom. The molecule has 0 fully saturated rings. The first-order valence-electron chi connectivity index (χ1n) is 6.28. The number of aromatic nitrogens is 1. The van der Waals surface area contributed by atoms with E-state index < -0.39 is 0 Å². The number of unbranched alkanes of at least 4 members (excludes halogenated alkanes) is 1. The van der Waals surface area contributed by atoms with Crippen molar-refractivity contribution in [1.82, 2.24) is 0 Å². The molecule has 0 aliphatic heterocycles. The number of nitrogens with zero attached hydrogens (tertiary/aromatic N) is 1. The highest BCUT2D eigenvalue weighted by atomic mass is 16.5. The minimum Gasteiger partial charge on any atom is -0.466 e. The molecule has 3 heteroatoms. The van der Waals surface area contributed by atoms with Crippen LogP contribution in [0.3, 0.4) is 0 Å². The van der Waals surface area contributed by atoms with Crippen molar-refractivity contribution >= 4 is 16.9 Å². The summed E-state index contributed by atoms with van der Waals surface area (Å²) in [5.74, 6) is -0.201. The lowest BCUT2D eigenvalue weighted by Crippen LogP contribution is -2.34. The van der Waals surface area contributed by atoms with Crippen molar-refractivity contribution in [3.63, 3.8) is 0 Å². The topological polar surface area (TPSA) is 30.2 Å². The van der Waals surface area contributed by atoms with Crippen LogP contribution in [0.5, 0.6) is 0 Å². The van der Waals surface area contributed by atoms with E-state index in [9.17, 15) is 4.79 Å². The molecule has 1 heterocycles. The molecule has 0 saturated heterocycles. The normalized spacial score (nSPS) is 10.5. The van der Waals surface area contributed by atoms with Gasteiger partial charge < -0.3 is 4.74 Å². The van der Waals surface area contributed by atoms with Gasteiger partial charge in [0.2, 0.25) is 5.52 Å². The lowest BCUT2D eigenvalue weighted by atomic mass is 10.2. The maximum absolute atomic E-state index is 10.6. The van der Waals surface area contributed by atoms with Crippen LogP contribution in [0.4, 0.5) is 0 Å². The van der Waals surface area contributed by atoms with Gasteiger partial charge in [0.05, 0.1) is 6.61 Å². The summed E-state index contributed by atoms with van der Waals surface area (Å²) in [6.07, 6.45) is 4.00. The molecule has 1 aromatic carbocycles. The smallest absolute Gasteiger partial charge is 0.302 e. The maximum atomic E-state index is 10.6. The van der Waals surface area contributed by atoms with Gasteiger partial charge in [-0.05, 0) is 18.6 Å². The predicted octanol–water partition coefficient (Wildman–Crippen LogP) is 2.47. The van der Waals surface area contributed by atoms with E-state index in [2.05, 4.69) is 41.1 Å². The maximum Gasteiger partial charge on any atom is 0.302 e. The Morgan fingerprint density at radius 2 is 1.94 bits per heavy atom. The summed E-state index contributed by atoms with van der Waals surface area (Å²) in [5.41, 5.74) is 1.24. The number of benzene rings is 1. The number of fused-ring (bicyclic) bond motifs is 1. The van der Waals surface area contributed by atoms with Gasteiger partial charge in [0.15, 0.2) is 6.20 Å². The first-order valence-corrected chi connectivity index (χ1v) is 6.28. The number of ether oxygens (including phenoxy) is 1. The van der Waals surface area contributed by atoms with Crippen molar-refractivity contribution in [1.29, 1.82) is 0 Å². The van der Waals surface area contributed by atoms with Crippen molar-refractivity contribution in [2.75, 3.05) is 6.61 Å². The fourth-order valence-electron chi connectivity index (χ4n) is 2.02. The lowest BCUT2D eigenvalue weighted by molar-refractivity contribution is -0.671. The molecule has 0 saturated carbocycles. The van der Waals surface area contributed by atoms with Crippen molar-refractivity contribution in [3.8, 4) is 0 Å². The standard InChI is InChI=1S/C15H18NO2/c1-13(17)18-12-5-4-10-16-11-6-8-14-7-2-3-9-15(14)16/h2-3,6-9,11H,4-5,10,12H2,1H3/q+1. The molecular weight excluding hydrogens is 226 g/mol. The molecule has 0 N–H and O–H groups in total. The number of aryl methyl sites for hydroxylation is 1. The molecule has 0 aliphatic carbocycles. The second-order valence-corrected chi connectivity index (χ2v) is 4.31. The number of hydrogen-bond acceptors (Lipinski definition) is 2. The molecule has 3 nitrogen and oxygen atoms in total. The zero-order chi connectivity index (χ0) is 12.8. The van der Waals surface area contributed by atoms with E-state index in [1.54, 1.807) is 0 Å². The van der Waals surface area contributed by atoms with Crippen molar-refractivity contribution in [3.05, 3.63) is 42.6 Å². The lowest BCUT2D eigenvalue weighted by Gasteiger charge is -2.02. The largest absolute Gasteiger partial charge is 0.466 e. The van der Waals surface area contributed by atoms with Crippen LogP contribution < -0.4 is 4.57 Å². The summed E-state index contributed by atoms with van der Waals surface area (Å²) in [6.45, 7) is 2.91. The van der Waals surface area contributed by atoms with Gasteiger partial charge in [-0.2, -0.15) is 4.57 Å². The van der Waals surface area contributed by atoms with Gasteiger partial charge in [-0.1, -0.05) is 12.1 Å². The van der Waals surface area contributed by atoms with E-state index in [1.807, 2.05) is 6.07 Å². The van der Waals surface area contributed by atoms with E-state index in [4.69, 9.17) is 4.74 Å². The molecule has 0 atom stereocenters. The van der Waals surface area contributed by atoms with Gasteiger partial charge in [-0.3, -0.25) is 4.79 Å². The molecule has 2 aromatic rings. The summed E-state index contributed by atoms with van der Waals surface area (Å²) in [5, 5.41) is 1.25. The van der Waals surface area contributed by atoms with Gasteiger partial charge >= 0.3 is 5.97 Å². The van der Waals surface area contributed by atoms with Crippen LogP contribution in [0.25, 0.3) is 10.9 Å². The molecule has 1 aromatic heterocycles. The first-order chi connectivity index (χ1) is 8.77. The van der Waals surface area contributed by atoms with Crippen LogP contribution in [-0.4, -0.2) is 12.6 Å². The van der Waals surface area contributed by atoms with Crippen LogP contribution in [0.2, 0.25) is 0 Å². The van der Waals surface area contributed by atoms with Crippen LogP contribution >= 0.6 is 0 Å². The minimum atomic E-state index is -0.201. The van der Waals surface area contributed by atoms with Gasteiger partial charge in [-0.15, -0.1) is 0 Å². The summed E-state index contributed by atoms with van der Waals surface area (Å²) < 4.78 is 7.16. The first kappa shape index (κ1) is 12.6. The number of hydrogen-bond donors (Lipinski definition) is 0. The highest BCUT2D eigenvalue weighted by Gasteiger charge is 2.06. The molecule has 0 amide bonds. The summed E-state index contributed by atoms with van der Waals surface area (Å²) in [7, 11) is 0. The fraction of sp³-hybridized carbons (Fsp3) is 0.333. The van der Waals surface area contributed by atoms with Crippen molar-refractivity contribution in [2.45, 2.75) is 26.3 Å². The molecule has 94 valence electrons. The number of rotatable bonds is 5. The second-order valence-electron chi connectivity index (χ2n) is 4.31. The van der Waals surface area contributed by atoms with E-state index in [1.165, 1.54) is 17.8 Å². The third-order valence-corrected chi connectivity index (χ3v) is 2.89. The van der Waals surface area contributed by atoms with Crippen molar-refractivity contribution < 1.29 is 14.1 Å². The Kier molecular flexibility index (Phi) is 4.29. The second kappa shape index (κ2) is 6.15. The monoisotopic (exact) mass is 244 g/mol. The summed E-state index contributed by atoms with van der Waals surface area (Å²) in [4.78, 5) is 10.6. The Bertz CT molecular complexity index is 532. The van der Waals surface area contributed by atoms with E-state index in [0.29, 0.717) is 6.61 Å². The van der Waals surface area contributed by atoms with Crippen LogP contribution in [-0.2, 0) is 16.1 Å². The number of esters is 1. The predicted molar refractivity (Wildman–Crippen MR) is 70.0 cm³/mol. The van der Waals surface area contributed by atoms with E-state index >= 15 is 0 Å². The zero-order valence-corrected chi connectivity index (χ0v) is 10.6. The number of para-hydroxylation sites is 1. The number of carbonyl (C=O) groups is 1. The highest BCUT2D eigenvalue weighted by molar-refractivity contribution is 5.74. The Morgan fingerprint density at radius 1 is 1.17 bits per heavy atom. The van der Waals surface area contributed by atoms with Crippen LogP contribution in [0.15, 0.2) is 42.6 Å². The third-order valence-electron chi connectivity index (χ3n) is 2.89. The van der Waals surface area contributed by atoms with Gasteiger partial charge in [-0.25, -0.2) is 0 Å². The van der Waals surface area contributed by atoms with Crippen LogP contribution in [0, 0.1) is 0 Å². The van der Waals surface area contributed by atoms with Gasteiger partial charge in [0.1, 0.15) is 6.54 Å². The molecule has 0 bridgehead atoms. The molecular formula is C15H18NO2+. The highest BCUT2D eigenvalue weighted by Crippen LogP contribution is 2.08. The molecule has 2 rings (SSSR count). The Hall–Kier alpha value is -1.90. The average Bonchev–Trinajstić information content (AvgIpc) is 2.38. The molecule has 0 aliphatic rings. The molecule has 18 heavy (non-hydrogen) atoms. The SMILES string of the molecule is CC(=O)OCCCC[n+]1cccc2ccccc21. The zero-order valence-electron chi connectivity index (χ0n) is 10.6. The fourth-order valence-corrected chi connectivity index (χ4v) is 2.02. The summed E-state index contributed by atoms with van der Waals surface area (Å²) >= 11 is 0.